The molecule has 1 saturated heterocycles. The van der Waals surface area contributed by atoms with E-state index in [4.69, 9.17) is 4.74 Å². The van der Waals surface area contributed by atoms with Gasteiger partial charge in [0.15, 0.2) is 0 Å². The fraction of sp³-hybridized carbons (Fsp3) is 1.00. The lowest BCUT2D eigenvalue weighted by molar-refractivity contribution is -0.0916. The predicted octanol–water partition coefficient (Wildman–Crippen LogP) is 0.480. The number of aliphatic hydroxyl groups is 1. The zero-order valence-corrected chi connectivity index (χ0v) is 8.05. The molecule has 1 unspecified atom stereocenters. The molecule has 1 rings (SSSR count). The lowest BCUT2D eigenvalue weighted by Gasteiger charge is -2.32. The van der Waals surface area contributed by atoms with Crippen molar-refractivity contribution >= 4 is 0 Å². The fourth-order valence-electron chi connectivity index (χ4n) is 1.47. The maximum Gasteiger partial charge on any atom is 0.0893 e. The first kappa shape index (κ1) is 9.96. The molecule has 0 aliphatic carbocycles. The van der Waals surface area contributed by atoms with Gasteiger partial charge in [-0.2, -0.15) is 0 Å². The van der Waals surface area contributed by atoms with Crippen molar-refractivity contribution in [3.63, 3.8) is 0 Å². The van der Waals surface area contributed by atoms with Crippen LogP contribution >= 0.6 is 0 Å². The summed E-state index contributed by atoms with van der Waals surface area (Å²) >= 11 is 0. The van der Waals surface area contributed by atoms with E-state index in [1.807, 2.05) is 14.1 Å². The molecular weight excluding hydrogens is 154 g/mol. The fourth-order valence-corrected chi connectivity index (χ4v) is 1.47. The van der Waals surface area contributed by atoms with E-state index in [-0.39, 0.29) is 0 Å². The molecule has 0 bridgehead atoms. The average Bonchev–Trinajstić information content (AvgIpc) is 2.03. The SMILES string of the molecule is CN(C)CCC1(O)CCCOC1. The number of rotatable bonds is 3. The Morgan fingerprint density at radius 3 is 2.75 bits per heavy atom. The molecule has 1 heterocycles. The van der Waals surface area contributed by atoms with Crippen molar-refractivity contribution in [3.8, 4) is 0 Å². The normalized spacial score (nSPS) is 31.0. The summed E-state index contributed by atoms with van der Waals surface area (Å²) in [5.74, 6) is 0. The topological polar surface area (TPSA) is 32.7 Å². The van der Waals surface area contributed by atoms with Gasteiger partial charge in [0.25, 0.3) is 0 Å². The van der Waals surface area contributed by atoms with Crippen molar-refractivity contribution in [1.29, 1.82) is 0 Å². The monoisotopic (exact) mass is 173 g/mol. The molecule has 0 radical (unpaired) electrons. The van der Waals surface area contributed by atoms with Crippen LogP contribution in [0.15, 0.2) is 0 Å². The van der Waals surface area contributed by atoms with Gasteiger partial charge in [-0.3, -0.25) is 0 Å². The van der Waals surface area contributed by atoms with Gasteiger partial charge in [-0.25, -0.2) is 0 Å². The van der Waals surface area contributed by atoms with Crippen LogP contribution in [0.25, 0.3) is 0 Å². The molecule has 0 saturated carbocycles. The van der Waals surface area contributed by atoms with Crippen LogP contribution in [-0.4, -0.2) is 49.5 Å². The second kappa shape index (κ2) is 4.21. The first-order chi connectivity index (χ1) is 5.62. The van der Waals surface area contributed by atoms with Crippen molar-refractivity contribution in [2.24, 2.45) is 0 Å². The van der Waals surface area contributed by atoms with Crippen molar-refractivity contribution < 1.29 is 9.84 Å². The molecule has 3 heteroatoms. The van der Waals surface area contributed by atoms with E-state index in [1.165, 1.54) is 0 Å². The summed E-state index contributed by atoms with van der Waals surface area (Å²) in [6, 6.07) is 0. The zero-order chi connectivity index (χ0) is 9.03. The van der Waals surface area contributed by atoms with E-state index < -0.39 is 5.60 Å². The lowest BCUT2D eigenvalue weighted by atomic mass is 9.93. The van der Waals surface area contributed by atoms with Crippen molar-refractivity contribution in [2.45, 2.75) is 24.9 Å². The minimum Gasteiger partial charge on any atom is -0.387 e. The Hall–Kier alpha value is -0.120. The van der Waals surface area contributed by atoms with E-state index in [0.717, 1.165) is 32.4 Å². The number of hydrogen-bond acceptors (Lipinski definition) is 3. The molecule has 3 nitrogen and oxygen atoms in total. The van der Waals surface area contributed by atoms with Gasteiger partial charge >= 0.3 is 0 Å². The van der Waals surface area contributed by atoms with Crippen LogP contribution in [0.4, 0.5) is 0 Å². The van der Waals surface area contributed by atoms with Gasteiger partial charge in [0, 0.05) is 13.2 Å². The number of hydrogen-bond donors (Lipinski definition) is 1. The van der Waals surface area contributed by atoms with Gasteiger partial charge in [-0.05, 0) is 33.4 Å². The second-order valence-electron chi connectivity index (χ2n) is 3.93. The van der Waals surface area contributed by atoms with E-state index >= 15 is 0 Å². The largest absolute Gasteiger partial charge is 0.387 e. The standard InChI is InChI=1S/C9H19NO2/c1-10(2)6-5-9(11)4-3-7-12-8-9/h11H,3-8H2,1-2H3. The molecule has 1 fully saturated rings. The van der Waals surface area contributed by atoms with Crippen LogP contribution < -0.4 is 0 Å². The third kappa shape index (κ3) is 3.09. The predicted molar refractivity (Wildman–Crippen MR) is 48.2 cm³/mol. The van der Waals surface area contributed by atoms with Crippen LogP contribution in [0, 0.1) is 0 Å². The second-order valence-corrected chi connectivity index (χ2v) is 3.93. The molecule has 0 aromatic carbocycles. The van der Waals surface area contributed by atoms with Gasteiger partial charge in [0.05, 0.1) is 12.2 Å². The first-order valence-corrected chi connectivity index (χ1v) is 4.57. The Kier molecular flexibility index (Phi) is 3.50. The highest BCUT2D eigenvalue weighted by atomic mass is 16.5. The summed E-state index contributed by atoms with van der Waals surface area (Å²) in [7, 11) is 4.04. The minimum atomic E-state index is -0.553. The third-order valence-electron chi connectivity index (χ3n) is 2.33. The molecule has 12 heavy (non-hydrogen) atoms. The van der Waals surface area contributed by atoms with E-state index in [9.17, 15) is 5.11 Å². The van der Waals surface area contributed by atoms with Crippen LogP contribution in [0.2, 0.25) is 0 Å². The maximum absolute atomic E-state index is 9.97. The van der Waals surface area contributed by atoms with Crippen molar-refractivity contribution in [3.05, 3.63) is 0 Å². The Morgan fingerprint density at radius 1 is 1.50 bits per heavy atom. The number of ether oxygens (including phenoxy) is 1. The molecule has 0 spiro atoms. The van der Waals surface area contributed by atoms with Gasteiger partial charge in [-0.15, -0.1) is 0 Å². The van der Waals surface area contributed by atoms with Gasteiger partial charge < -0.3 is 14.7 Å². The molecule has 0 amide bonds. The van der Waals surface area contributed by atoms with Crippen LogP contribution in [-0.2, 0) is 4.74 Å². The third-order valence-corrected chi connectivity index (χ3v) is 2.33. The van der Waals surface area contributed by atoms with Crippen molar-refractivity contribution in [1.82, 2.24) is 4.90 Å². The van der Waals surface area contributed by atoms with E-state index in [2.05, 4.69) is 4.90 Å². The molecule has 72 valence electrons. The summed E-state index contributed by atoms with van der Waals surface area (Å²) < 4.78 is 5.25. The summed E-state index contributed by atoms with van der Waals surface area (Å²) in [5.41, 5.74) is -0.553. The lowest BCUT2D eigenvalue weighted by Crippen LogP contribution is -2.40. The summed E-state index contributed by atoms with van der Waals surface area (Å²) in [5, 5.41) is 9.97. The van der Waals surface area contributed by atoms with Gasteiger partial charge in [0.2, 0.25) is 0 Å². The zero-order valence-electron chi connectivity index (χ0n) is 8.05. The molecule has 0 aromatic heterocycles. The number of nitrogens with zero attached hydrogens (tertiary/aromatic N) is 1. The quantitative estimate of drug-likeness (QED) is 0.674. The summed E-state index contributed by atoms with van der Waals surface area (Å²) in [6.07, 6.45) is 2.70. The summed E-state index contributed by atoms with van der Waals surface area (Å²) in [4.78, 5) is 2.09. The summed E-state index contributed by atoms with van der Waals surface area (Å²) in [6.45, 7) is 2.25. The van der Waals surface area contributed by atoms with Crippen LogP contribution in [0.1, 0.15) is 19.3 Å². The first-order valence-electron chi connectivity index (χ1n) is 4.57. The van der Waals surface area contributed by atoms with Gasteiger partial charge in [-0.1, -0.05) is 0 Å². The van der Waals surface area contributed by atoms with E-state index in [1.54, 1.807) is 0 Å². The van der Waals surface area contributed by atoms with Crippen molar-refractivity contribution in [2.75, 3.05) is 33.9 Å². The Labute approximate surface area is 74.3 Å². The highest BCUT2D eigenvalue weighted by Gasteiger charge is 2.29. The molecule has 1 aliphatic rings. The highest BCUT2D eigenvalue weighted by molar-refractivity contribution is 4.81. The van der Waals surface area contributed by atoms with Gasteiger partial charge in [0.1, 0.15) is 0 Å². The van der Waals surface area contributed by atoms with Crippen LogP contribution in [0.3, 0.4) is 0 Å². The molecule has 1 atom stereocenters. The average molecular weight is 173 g/mol. The maximum atomic E-state index is 9.97. The molecule has 1 N–H and O–H groups in total. The molecule has 0 aromatic rings. The van der Waals surface area contributed by atoms with Crippen LogP contribution in [0.5, 0.6) is 0 Å². The molecular formula is C9H19NO2. The molecule has 1 aliphatic heterocycles. The Balaban J connectivity index is 2.26. The van der Waals surface area contributed by atoms with E-state index in [0.29, 0.717) is 6.61 Å². The Morgan fingerprint density at radius 2 is 2.25 bits per heavy atom. The smallest absolute Gasteiger partial charge is 0.0893 e. The Bertz CT molecular complexity index is 130. The highest BCUT2D eigenvalue weighted by Crippen LogP contribution is 2.22. The minimum absolute atomic E-state index is 0.515.